The summed E-state index contributed by atoms with van der Waals surface area (Å²) in [6.45, 7) is 1.72. The predicted molar refractivity (Wildman–Crippen MR) is 90.2 cm³/mol. The number of nitrogens with zero attached hydrogens (tertiary/aromatic N) is 2. The van der Waals surface area contributed by atoms with Gasteiger partial charge in [0.1, 0.15) is 6.04 Å². The Morgan fingerprint density at radius 1 is 1.38 bits per heavy atom. The molecule has 1 unspecified atom stereocenters. The number of amidine groups is 1. The highest BCUT2D eigenvalue weighted by molar-refractivity contribution is 6.39. The molecule has 0 bridgehead atoms. The molecule has 3 rings (SSSR count). The third-order valence-electron chi connectivity index (χ3n) is 4.07. The molecule has 0 spiro atoms. The SMILES string of the molecule is CC1N=C(C(=O)N[C@@H]2C=C[C@H](CO)C2)NN(c2ccccc2)C1=O. The Morgan fingerprint density at radius 2 is 2.12 bits per heavy atom. The summed E-state index contributed by atoms with van der Waals surface area (Å²) in [6, 6.07) is 8.27. The average molecular weight is 328 g/mol. The topological polar surface area (TPSA) is 94.0 Å². The number of hydrogen-bond acceptors (Lipinski definition) is 5. The third kappa shape index (κ3) is 3.30. The van der Waals surface area contributed by atoms with Crippen LogP contribution >= 0.6 is 0 Å². The maximum atomic E-state index is 12.4. The van der Waals surface area contributed by atoms with Crippen molar-refractivity contribution in [3.8, 4) is 0 Å². The largest absolute Gasteiger partial charge is 0.396 e. The number of nitrogens with one attached hydrogen (secondary N) is 2. The van der Waals surface area contributed by atoms with Crippen LogP contribution in [0.5, 0.6) is 0 Å². The van der Waals surface area contributed by atoms with E-state index >= 15 is 0 Å². The van der Waals surface area contributed by atoms with Gasteiger partial charge in [-0.1, -0.05) is 30.4 Å². The molecular weight excluding hydrogens is 308 g/mol. The summed E-state index contributed by atoms with van der Waals surface area (Å²) >= 11 is 0. The number of hydrazine groups is 1. The summed E-state index contributed by atoms with van der Waals surface area (Å²) in [5, 5.41) is 13.3. The molecule has 0 saturated heterocycles. The lowest BCUT2D eigenvalue weighted by Gasteiger charge is -2.30. The number of carbonyl (C=O) groups is 2. The van der Waals surface area contributed by atoms with E-state index in [4.69, 9.17) is 5.11 Å². The molecule has 2 amide bonds. The number of carbonyl (C=O) groups excluding carboxylic acids is 2. The Bertz CT molecular complexity index is 686. The molecule has 24 heavy (non-hydrogen) atoms. The monoisotopic (exact) mass is 328 g/mol. The van der Waals surface area contributed by atoms with Gasteiger partial charge in [0.25, 0.3) is 11.8 Å². The normalized spacial score (nSPS) is 26.1. The van der Waals surface area contributed by atoms with Crippen LogP contribution in [0.4, 0.5) is 5.69 Å². The van der Waals surface area contributed by atoms with Crippen LogP contribution in [0.2, 0.25) is 0 Å². The van der Waals surface area contributed by atoms with Crippen LogP contribution in [-0.4, -0.2) is 41.4 Å². The minimum atomic E-state index is -0.642. The van der Waals surface area contributed by atoms with E-state index in [0.29, 0.717) is 12.1 Å². The summed E-state index contributed by atoms with van der Waals surface area (Å²) in [5.74, 6) is -0.424. The van der Waals surface area contributed by atoms with Gasteiger partial charge in [-0.05, 0) is 25.5 Å². The smallest absolute Gasteiger partial charge is 0.288 e. The quantitative estimate of drug-likeness (QED) is 0.697. The van der Waals surface area contributed by atoms with E-state index in [9.17, 15) is 9.59 Å². The van der Waals surface area contributed by atoms with Gasteiger partial charge in [-0.2, -0.15) is 0 Å². The second-order valence-electron chi connectivity index (χ2n) is 5.92. The first-order valence-electron chi connectivity index (χ1n) is 7.92. The lowest BCUT2D eigenvalue weighted by Crippen LogP contribution is -2.58. The fraction of sp³-hybridized carbons (Fsp3) is 0.353. The van der Waals surface area contributed by atoms with Gasteiger partial charge in [-0.25, -0.2) is 10.0 Å². The maximum absolute atomic E-state index is 12.4. The number of rotatable bonds is 4. The number of amides is 2. The Morgan fingerprint density at radius 3 is 2.79 bits per heavy atom. The van der Waals surface area contributed by atoms with Crippen molar-refractivity contribution in [1.82, 2.24) is 10.7 Å². The van der Waals surface area contributed by atoms with Gasteiger partial charge >= 0.3 is 0 Å². The van der Waals surface area contributed by atoms with Crippen LogP contribution in [0.25, 0.3) is 0 Å². The second kappa shape index (κ2) is 6.84. The second-order valence-corrected chi connectivity index (χ2v) is 5.92. The van der Waals surface area contributed by atoms with E-state index in [2.05, 4.69) is 15.7 Å². The molecule has 1 heterocycles. The number of anilines is 1. The highest BCUT2D eigenvalue weighted by atomic mass is 16.3. The minimum Gasteiger partial charge on any atom is -0.396 e. The third-order valence-corrected chi connectivity index (χ3v) is 4.07. The predicted octanol–water partition coefficient (Wildman–Crippen LogP) is 0.378. The Balaban J connectivity index is 1.71. The zero-order chi connectivity index (χ0) is 17.1. The molecule has 7 heteroatoms. The molecule has 1 aliphatic carbocycles. The van der Waals surface area contributed by atoms with Crippen LogP contribution in [0.3, 0.4) is 0 Å². The van der Waals surface area contributed by atoms with Crippen LogP contribution in [0.15, 0.2) is 47.5 Å². The number of benzene rings is 1. The molecule has 1 aromatic rings. The number of para-hydroxylation sites is 1. The van der Waals surface area contributed by atoms with Gasteiger partial charge in [0, 0.05) is 18.6 Å². The molecule has 0 saturated carbocycles. The Labute approximate surface area is 140 Å². The zero-order valence-corrected chi connectivity index (χ0v) is 13.3. The van der Waals surface area contributed by atoms with Gasteiger partial charge in [-0.3, -0.25) is 15.0 Å². The number of aliphatic hydroxyl groups excluding tert-OH is 1. The summed E-state index contributed by atoms with van der Waals surface area (Å²) in [4.78, 5) is 28.9. The van der Waals surface area contributed by atoms with Gasteiger partial charge < -0.3 is 10.4 Å². The van der Waals surface area contributed by atoms with E-state index < -0.39 is 6.04 Å². The standard InChI is InChI=1S/C17H20N4O3/c1-11-17(24)21(14-5-3-2-4-6-14)20-15(18-11)16(23)19-13-8-7-12(9-13)10-22/h2-8,11-13,22H,9-10H2,1H3,(H,18,20)(H,19,23)/t11?,12-,13+/m0/s1. The molecule has 1 aromatic carbocycles. The Kier molecular flexibility index (Phi) is 4.61. The molecule has 3 N–H and O–H groups in total. The van der Waals surface area contributed by atoms with Crippen molar-refractivity contribution >= 4 is 23.3 Å². The van der Waals surface area contributed by atoms with Crippen LogP contribution < -0.4 is 15.8 Å². The first-order valence-corrected chi connectivity index (χ1v) is 7.92. The lowest BCUT2D eigenvalue weighted by molar-refractivity contribution is -0.120. The van der Waals surface area contributed by atoms with Crippen molar-refractivity contribution in [3.63, 3.8) is 0 Å². The molecule has 0 radical (unpaired) electrons. The van der Waals surface area contributed by atoms with Crippen LogP contribution in [0, 0.1) is 5.92 Å². The van der Waals surface area contributed by atoms with Crippen molar-refractivity contribution in [2.45, 2.75) is 25.4 Å². The van der Waals surface area contributed by atoms with Gasteiger partial charge in [-0.15, -0.1) is 0 Å². The number of hydrogen-bond donors (Lipinski definition) is 3. The van der Waals surface area contributed by atoms with Crippen molar-refractivity contribution in [2.24, 2.45) is 10.9 Å². The first-order chi connectivity index (χ1) is 11.6. The molecule has 126 valence electrons. The van der Waals surface area contributed by atoms with Gasteiger partial charge in [0.2, 0.25) is 5.84 Å². The molecule has 0 fully saturated rings. The maximum Gasteiger partial charge on any atom is 0.288 e. The van der Waals surface area contributed by atoms with E-state index in [0.717, 1.165) is 0 Å². The molecule has 7 nitrogen and oxygen atoms in total. The summed E-state index contributed by atoms with van der Waals surface area (Å²) in [7, 11) is 0. The van der Waals surface area contributed by atoms with Crippen LogP contribution in [0.1, 0.15) is 13.3 Å². The summed E-state index contributed by atoms with van der Waals surface area (Å²) in [5.41, 5.74) is 3.45. The van der Waals surface area contributed by atoms with E-state index in [1.165, 1.54) is 5.01 Å². The van der Waals surface area contributed by atoms with Gasteiger partial charge in [0.15, 0.2) is 0 Å². The van der Waals surface area contributed by atoms with E-state index in [1.807, 2.05) is 30.4 Å². The highest BCUT2D eigenvalue weighted by Crippen LogP contribution is 2.18. The highest BCUT2D eigenvalue weighted by Gasteiger charge is 2.31. The van der Waals surface area contributed by atoms with Crippen molar-refractivity contribution in [1.29, 1.82) is 0 Å². The first kappa shape index (κ1) is 16.2. The number of aliphatic imine (C=N–C) groups is 1. The van der Waals surface area contributed by atoms with E-state index in [-0.39, 0.29) is 36.2 Å². The fourth-order valence-corrected chi connectivity index (χ4v) is 2.76. The Hall–Kier alpha value is -2.67. The van der Waals surface area contributed by atoms with Gasteiger partial charge in [0.05, 0.1) is 5.69 Å². The molecule has 1 aliphatic heterocycles. The molecule has 3 atom stereocenters. The van der Waals surface area contributed by atoms with Crippen molar-refractivity contribution < 1.29 is 14.7 Å². The summed E-state index contributed by atoms with van der Waals surface area (Å²) < 4.78 is 0. The van der Waals surface area contributed by atoms with Crippen molar-refractivity contribution in [3.05, 3.63) is 42.5 Å². The molecular formula is C17H20N4O3. The average Bonchev–Trinajstić information content (AvgIpc) is 3.05. The van der Waals surface area contributed by atoms with Crippen molar-refractivity contribution in [2.75, 3.05) is 11.6 Å². The molecule has 0 aromatic heterocycles. The summed E-state index contributed by atoms with van der Waals surface area (Å²) in [6.07, 6.45) is 4.42. The number of aliphatic hydroxyl groups is 1. The zero-order valence-electron chi connectivity index (χ0n) is 13.3. The minimum absolute atomic E-state index is 0.0649. The van der Waals surface area contributed by atoms with E-state index in [1.54, 1.807) is 19.1 Å². The molecule has 2 aliphatic rings. The van der Waals surface area contributed by atoms with Crippen LogP contribution in [-0.2, 0) is 9.59 Å². The fourth-order valence-electron chi connectivity index (χ4n) is 2.76. The lowest BCUT2D eigenvalue weighted by atomic mass is 10.1.